The number of hydrogen-bond acceptors (Lipinski definition) is 5. The molecule has 0 aliphatic carbocycles. The first kappa shape index (κ1) is 10.8. The Balaban J connectivity index is 2.19. The van der Waals surface area contributed by atoms with Gasteiger partial charge in [-0.05, 0) is 13.0 Å². The molecule has 2 aromatic heterocycles. The molecule has 0 aromatic carbocycles. The van der Waals surface area contributed by atoms with E-state index >= 15 is 0 Å². The largest absolute Gasteiger partial charge is 0.469 e. The monoisotopic (exact) mass is 221 g/mol. The minimum atomic E-state index is -0.0124. The quantitative estimate of drug-likeness (QED) is 0.579. The van der Waals surface area contributed by atoms with E-state index in [0.717, 1.165) is 17.1 Å². The smallest absolute Gasteiger partial charge is 0.138 e. The molecule has 0 saturated heterocycles. The van der Waals surface area contributed by atoms with Crippen molar-refractivity contribution in [1.82, 2.24) is 20.2 Å². The standard InChI is InChI=1S/C10H15N5O/c1-7-8(3-4-16-7)9(14-11)5-10-12-6-13-15(10)2/h3-4,6,9,14H,5,11H2,1-2H3. The molecule has 3 N–H and O–H groups in total. The maximum atomic E-state index is 5.55. The van der Waals surface area contributed by atoms with E-state index in [1.165, 1.54) is 6.33 Å². The van der Waals surface area contributed by atoms with Gasteiger partial charge in [0.15, 0.2) is 0 Å². The molecule has 16 heavy (non-hydrogen) atoms. The van der Waals surface area contributed by atoms with E-state index in [1.54, 1.807) is 10.9 Å². The number of aromatic nitrogens is 3. The second kappa shape index (κ2) is 4.46. The van der Waals surface area contributed by atoms with Crippen LogP contribution < -0.4 is 11.3 Å². The SMILES string of the molecule is Cc1occc1C(Cc1ncnn1C)NN. The van der Waals surface area contributed by atoms with Crippen LogP contribution in [-0.4, -0.2) is 14.8 Å². The van der Waals surface area contributed by atoms with Crippen molar-refractivity contribution < 1.29 is 4.42 Å². The minimum absolute atomic E-state index is 0.0124. The van der Waals surface area contributed by atoms with Crippen molar-refractivity contribution in [3.8, 4) is 0 Å². The van der Waals surface area contributed by atoms with Gasteiger partial charge in [0, 0.05) is 19.0 Å². The molecule has 0 aliphatic rings. The lowest BCUT2D eigenvalue weighted by Gasteiger charge is -2.14. The number of nitrogens with two attached hydrogens (primary N) is 1. The summed E-state index contributed by atoms with van der Waals surface area (Å²) in [7, 11) is 1.86. The predicted octanol–water partition coefficient (Wildman–Crippen LogP) is 0.464. The maximum Gasteiger partial charge on any atom is 0.138 e. The first-order valence-corrected chi connectivity index (χ1v) is 5.05. The Morgan fingerprint density at radius 1 is 1.62 bits per heavy atom. The summed E-state index contributed by atoms with van der Waals surface area (Å²) >= 11 is 0. The van der Waals surface area contributed by atoms with Gasteiger partial charge in [-0.1, -0.05) is 0 Å². The van der Waals surface area contributed by atoms with Crippen molar-refractivity contribution >= 4 is 0 Å². The van der Waals surface area contributed by atoms with E-state index < -0.39 is 0 Å². The van der Waals surface area contributed by atoms with Gasteiger partial charge in [-0.15, -0.1) is 0 Å². The fourth-order valence-corrected chi connectivity index (χ4v) is 1.70. The number of nitrogens with one attached hydrogen (secondary N) is 1. The summed E-state index contributed by atoms with van der Waals surface area (Å²) in [6.07, 6.45) is 3.87. The summed E-state index contributed by atoms with van der Waals surface area (Å²) in [5.41, 5.74) is 3.82. The van der Waals surface area contributed by atoms with E-state index in [9.17, 15) is 0 Å². The Labute approximate surface area is 93.4 Å². The topological polar surface area (TPSA) is 81.9 Å². The summed E-state index contributed by atoms with van der Waals surface area (Å²) in [6.45, 7) is 1.91. The normalized spacial score (nSPS) is 12.9. The van der Waals surface area contributed by atoms with Crippen LogP contribution in [0.2, 0.25) is 0 Å². The lowest BCUT2D eigenvalue weighted by molar-refractivity contribution is 0.491. The zero-order chi connectivity index (χ0) is 11.5. The van der Waals surface area contributed by atoms with Crippen molar-refractivity contribution in [2.75, 3.05) is 0 Å². The summed E-state index contributed by atoms with van der Waals surface area (Å²) in [4.78, 5) is 4.17. The van der Waals surface area contributed by atoms with Crippen LogP contribution in [0, 0.1) is 6.92 Å². The molecule has 0 bridgehead atoms. The number of nitrogens with zero attached hydrogens (tertiary/aromatic N) is 3. The molecular weight excluding hydrogens is 206 g/mol. The van der Waals surface area contributed by atoms with Crippen molar-refractivity contribution in [2.45, 2.75) is 19.4 Å². The third-order valence-corrected chi connectivity index (χ3v) is 2.67. The molecule has 1 atom stereocenters. The molecule has 0 spiro atoms. The van der Waals surface area contributed by atoms with E-state index in [2.05, 4.69) is 15.5 Å². The van der Waals surface area contributed by atoms with Gasteiger partial charge in [0.2, 0.25) is 0 Å². The maximum absolute atomic E-state index is 5.55. The molecule has 0 fully saturated rings. The van der Waals surface area contributed by atoms with E-state index in [4.69, 9.17) is 10.3 Å². The Hall–Kier alpha value is -1.66. The number of aryl methyl sites for hydroxylation is 2. The van der Waals surface area contributed by atoms with Crippen LogP contribution in [0.3, 0.4) is 0 Å². The van der Waals surface area contributed by atoms with Crippen molar-refractivity contribution in [2.24, 2.45) is 12.9 Å². The van der Waals surface area contributed by atoms with Crippen molar-refractivity contribution in [1.29, 1.82) is 0 Å². The fourth-order valence-electron chi connectivity index (χ4n) is 1.70. The highest BCUT2D eigenvalue weighted by Gasteiger charge is 2.17. The average molecular weight is 221 g/mol. The van der Waals surface area contributed by atoms with Gasteiger partial charge in [0.1, 0.15) is 17.9 Å². The average Bonchev–Trinajstić information content (AvgIpc) is 2.85. The predicted molar refractivity (Wildman–Crippen MR) is 58.2 cm³/mol. The Kier molecular flexibility index (Phi) is 3.02. The Morgan fingerprint density at radius 2 is 2.44 bits per heavy atom. The Bertz CT molecular complexity index is 461. The van der Waals surface area contributed by atoms with E-state index in [-0.39, 0.29) is 6.04 Å². The molecule has 1 unspecified atom stereocenters. The minimum Gasteiger partial charge on any atom is -0.469 e. The molecule has 0 amide bonds. The summed E-state index contributed by atoms with van der Waals surface area (Å²) in [5.74, 6) is 7.29. The molecule has 0 aliphatic heterocycles. The molecule has 0 radical (unpaired) electrons. The Morgan fingerprint density at radius 3 is 2.94 bits per heavy atom. The van der Waals surface area contributed by atoms with Crippen molar-refractivity contribution in [3.05, 3.63) is 35.8 Å². The highest BCUT2D eigenvalue weighted by molar-refractivity contribution is 5.21. The zero-order valence-electron chi connectivity index (χ0n) is 9.34. The van der Waals surface area contributed by atoms with Crippen LogP contribution in [0.25, 0.3) is 0 Å². The van der Waals surface area contributed by atoms with Gasteiger partial charge in [-0.2, -0.15) is 5.10 Å². The molecule has 86 valence electrons. The zero-order valence-corrected chi connectivity index (χ0v) is 9.34. The lowest BCUT2D eigenvalue weighted by Crippen LogP contribution is -2.30. The summed E-state index contributed by atoms with van der Waals surface area (Å²) in [5, 5.41) is 4.02. The third kappa shape index (κ3) is 1.98. The second-order valence-corrected chi connectivity index (χ2v) is 3.66. The highest BCUT2D eigenvalue weighted by atomic mass is 16.3. The van der Waals surface area contributed by atoms with Crippen LogP contribution in [-0.2, 0) is 13.5 Å². The molecular formula is C10H15N5O. The van der Waals surface area contributed by atoms with Crippen LogP contribution >= 0.6 is 0 Å². The van der Waals surface area contributed by atoms with Gasteiger partial charge in [0.25, 0.3) is 0 Å². The molecule has 0 saturated carbocycles. The first-order valence-electron chi connectivity index (χ1n) is 5.05. The van der Waals surface area contributed by atoms with Crippen LogP contribution in [0.4, 0.5) is 0 Å². The third-order valence-electron chi connectivity index (χ3n) is 2.67. The molecule has 2 aromatic rings. The van der Waals surface area contributed by atoms with E-state index in [1.807, 2.05) is 20.0 Å². The molecule has 6 heteroatoms. The first-order chi connectivity index (χ1) is 7.72. The lowest BCUT2D eigenvalue weighted by atomic mass is 10.1. The van der Waals surface area contributed by atoms with Gasteiger partial charge in [-0.25, -0.2) is 4.98 Å². The highest BCUT2D eigenvalue weighted by Crippen LogP contribution is 2.20. The summed E-state index contributed by atoms with van der Waals surface area (Å²) in [6, 6.07) is 1.90. The number of hydrogen-bond donors (Lipinski definition) is 2. The van der Waals surface area contributed by atoms with E-state index in [0.29, 0.717) is 6.42 Å². The molecule has 6 nitrogen and oxygen atoms in total. The number of furan rings is 1. The van der Waals surface area contributed by atoms with Gasteiger partial charge in [0.05, 0.1) is 12.3 Å². The number of hydrazine groups is 1. The van der Waals surface area contributed by atoms with Gasteiger partial charge in [-0.3, -0.25) is 16.0 Å². The summed E-state index contributed by atoms with van der Waals surface area (Å²) < 4.78 is 6.99. The second-order valence-electron chi connectivity index (χ2n) is 3.66. The van der Waals surface area contributed by atoms with Gasteiger partial charge < -0.3 is 4.42 Å². The van der Waals surface area contributed by atoms with Crippen LogP contribution in [0.15, 0.2) is 23.1 Å². The van der Waals surface area contributed by atoms with Crippen LogP contribution in [0.5, 0.6) is 0 Å². The van der Waals surface area contributed by atoms with Crippen LogP contribution in [0.1, 0.15) is 23.2 Å². The molecule has 2 heterocycles. The number of rotatable bonds is 4. The fraction of sp³-hybridized carbons (Fsp3) is 0.400. The molecule has 2 rings (SSSR count). The van der Waals surface area contributed by atoms with Gasteiger partial charge >= 0.3 is 0 Å². The van der Waals surface area contributed by atoms with Crippen molar-refractivity contribution in [3.63, 3.8) is 0 Å².